The van der Waals surface area contributed by atoms with E-state index in [1.54, 1.807) is 21.2 Å². The van der Waals surface area contributed by atoms with Gasteiger partial charge in [-0.1, -0.05) is 0 Å². The molecule has 1 saturated carbocycles. The predicted octanol–water partition coefficient (Wildman–Crippen LogP) is 1.19. The van der Waals surface area contributed by atoms with Crippen LogP contribution in [0.15, 0.2) is 36.7 Å². The van der Waals surface area contributed by atoms with Gasteiger partial charge in [-0.2, -0.15) is 8.82 Å². The van der Waals surface area contributed by atoms with Crippen LogP contribution in [0, 0.1) is 0 Å². The van der Waals surface area contributed by atoms with Crippen molar-refractivity contribution in [2.45, 2.75) is 24.5 Å². The van der Waals surface area contributed by atoms with Gasteiger partial charge in [0.2, 0.25) is 10.0 Å². The van der Waals surface area contributed by atoms with Gasteiger partial charge in [-0.15, -0.1) is 15.3 Å². The van der Waals surface area contributed by atoms with Crippen molar-refractivity contribution in [2.75, 3.05) is 31.1 Å². The third kappa shape index (κ3) is 3.12. The number of aromatic nitrogens is 5. The number of sulfonamides is 1. The maximum Gasteiger partial charge on any atom is 0.217 e. The lowest BCUT2D eigenvalue weighted by Crippen LogP contribution is -2.37. The number of rotatable bonds is 4. The zero-order valence-corrected chi connectivity index (χ0v) is 16.2. The second-order valence-electron chi connectivity index (χ2n) is 7.21. The summed E-state index contributed by atoms with van der Waals surface area (Å²) in [6.07, 6.45) is 5.82. The summed E-state index contributed by atoms with van der Waals surface area (Å²) in [5, 5.41) is 13.0. The largest absolute Gasteiger partial charge is 0.354 e. The first-order valence-corrected chi connectivity index (χ1v) is 11.0. The van der Waals surface area contributed by atoms with Gasteiger partial charge >= 0.3 is 0 Å². The minimum Gasteiger partial charge on any atom is -0.354 e. The van der Waals surface area contributed by atoms with Gasteiger partial charge in [0.15, 0.2) is 11.5 Å². The third-order valence-electron chi connectivity index (χ3n) is 5.25. The molecule has 28 heavy (non-hydrogen) atoms. The zero-order chi connectivity index (χ0) is 19.1. The summed E-state index contributed by atoms with van der Waals surface area (Å²) in [6.45, 7) is 2.45. The molecule has 146 valence electrons. The monoisotopic (exact) mass is 399 g/mol. The molecule has 1 aliphatic heterocycles. The van der Waals surface area contributed by atoms with Crippen molar-refractivity contribution < 1.29 is 8.42 Å². The molecule has 1 saturated heterocycles. The first-order chi connectivity index (χ1) is 13.6. The van der Waals surface area contributed by atoms with Crippen molar-refractivity contribution in [3.8, 4) is 11.4 Å². The summed E-state index contributed by atoms with van der Waals surface area (Å²) in [5.74, 6) is 1.43. The Morgan fingerprint density at radius 2 is 1.89 bits per heavy atom. The molecule has 0 aromatic carbocycles. The van der Waals surface area contributed by atoms with Gasteiger partial charge < -0.3 is 4.90 Å². The van der Waals surface area contributed by atoms with E-state index in [9.17, 15) is 8.42 Å². The number of hydrogen-bond acceptors (Lipinski definition) is 7. The first kappa shape index (κ1) is 17.5. The fraction of sp³-hybridized carbons (Fsp3) is 0.444. The molecular formula is C18H21N7O2S. The normalized spacial score (nSPS) is 19.1. The summed E-state index contributed by atoms with van der Waals surface area (Å²) >= 11 is 0. The van der Waals surface area contributed by atoms with Crippen LogP contribution in [0.2, 0.25) is 0 Å². The lowest BCUT2D eigenvalue weighted by Gasteiger charge is -2.22. The highest BCUT2D eigenvalue weighted by Crippen LogP contribution is 2.31. The molecule has 2 aliphatic rings. The second-order valence-corrected chi connectivity index (χ2v) is 9.42. The summed E-state index contributed by atoms with van der Waals surface area (Å²) in [6, 6.07) is 7.58. The number of pyridine rings is 1. The Morgan fingerprint density at radius 1 is 1.00 bits per heavy atom. The predicted molar refractivity (Wildman–Crippen MR) is 104 cm³/mol. The van der Waals surface area contributed by atoms with Crippen molar-refractivity contribution >= 4 is 21.5 Å². The van der Waals surface area contributed by atoms with Gasteiger partial charge in [0.25, 0.3) is 0 Å². The van der Waals surface area contributed by atoms with Gasteiger partial charge in [0.05, 0.1) is 5.25 Å². The van der Waals surface area contributed by atoms with Crippen LogP contribution in [0.25, 0.3) is 17.0 Å². The molecule has 1 aliphatic carbocycles. The maximum absolute atomic E-state index is 12.6. The van der Waals surface area contributed by atoms with E-state index < -0.39 is 10.0 Å². The molecular weight excluding hydrogens is 378 g/mol. The summed E-state index contributed by atoms with van der Waals surface area (Å²) in [5.41, 5.74) is 1.51. The highest BCUT2D eigenvalue weighted by molar-refractivity contribution is 7.90. The molecule has 9 nitrogen and oxygen atoms in total. The topological polar surface area (TPSA) is 96.6 Å². The van der Waals surface area contributed by atoms with E-state index >= 15 is 0 Å². The van der Waals surface area contributed by atoms with E-state index in [0.29, 0.717) is 31.1 Å². The van der Waals surface area contributed by atoms with Crippen molar-refractivity contribution in [2.24, 2.45) is 0 Å². The lowest BCUT2D eigenvalue weighted by molar-refractivity contribution is 0.432. The van der Waals surface area contributed by atoms with Crippen molar-refractivity contribution in [1.82, 2.24) is 29.1 Å². The minimum atomic E-state index is -3.13. The molecule has 5 rings (SSSR count). The van der Waals surface area contributed by atoms with Crippen molar-refractivity contribution in [1.29, 1.82) is 0 Å². The number of hydrogen-bond donors (Lipinski definition) is 0. The zero-order valence-electron chi connectivity index (χ0n) is 15.3. The average molecular weight is 399 g/mol. The highest BCUT2D eigenvalue weighted by Gasteiger charge is 2.40. The average Bonchev–Trinajstić information content (AvgIpc) is 3.52. The van der Waals surface area contributed by atoms with Crippen LogP contribution in [0.4, 0.5) is 5.82 Å². The molecule has 0 N–H and O–H groups in total. The molecule has 0 amide bonds. The Morgan fingerprint density at radius 3 is 2.68 bits per heavy atom. The molecule has 0 atom stereocenters. The number of fused-ring (bicyclic) bond motifs is 1. The Bertz CT molecular complexity index is 1100. The second kappa shape index (κ2) is 6.78. The molecule has 3 aromatic heterocycles. The van der Waals surface area contributed by atoms with Crippen LogP contribution in [-0.2, 0) is 10.0 Å². The number of anilines is 1. The molecule has 10 heteroatoms. The van der Waals surface area contributed by atoms with Crippen LogP contribution in [0.1, 0.15) is 19.3 Å². The molecule has 0 bridgehead atoms. The Labute approximate surface area is 163 Å². The van der Waals surface area contributed by atoms with E-state index in [1.165, 1.54) is 0 Å². The Balaban J connectivity index is 1.42. The van der Waals surface area contributed by atoms with Gasteiger partial charge in [-0.25, -0.2) is 8.42 Å². The fourth-order valence-corrected chi connectivity index (χ4v) is 5.45. The van der Waals surface area contributed by atoms with Crippen LogP contribution in [-0.4, -0.2) is 68.9 Å². The Hall–Kier alpha value is -2.59. The van der Waals surface area contributed by atoms with E-state index in [2.05, 4.69) is 20.1 Å². The summed E-state index contributed by atoms with van der Waals surface area (Å²) in [4.78, 5) is 6.27. The van der Waals surface area contributed by atoms with E-state index in [-0.39, 0.29) is 5.25 Å². The quantitative estimate of drug-likeness (QED) is 0.650. The Kier molecular flexibility index (Phi) is 4.24. The smallest absolute Gasteiger partial charge is 0.217 e. The standard InChI is InChI=1S/C18H21N7O2S/c26-28(27,15-4-5-15)24-10-2-9-23(11-12-24)17-7-6-16-20-21-18(25(16)22-17)14-3-1-8-19-13-14/h1,3,6-8,13,15H,2,4-5,9-12H2. The van der Waals surface area contributed by atoms with Crippen LogP contribution < -0.4 is 4.90 Å². The number of nitrogens with zero attached hydrogens (tertiary/aromatic N) is 7. The van der Waals surface area contributed by atoms with Crippen LogP contribution in [0.3, 0.4) is 0 Å². The molecule has 0 spiro atoms. The molecule has 4 heterocycles. The van der Waals surface area contributed by atoms with Crippen LogP contribution >= 0.6 is 0 Å². The van der Waals surface area contributed by atoms with Crippen LogP contribution in [0.5, 0.6) is 0 Å². The summed E-state index contributed by atoms with van der Waals surface area (Å²) < 4.78 is 28.5. The molecule has 0 radical (unpaired) electrons. The minimum absolute atomic E-state index is 0.160. The summed E-state index contributed by atoms with van der Waals surface area (Å²) in [7, 11) is -3.13. The highest BCUT2D eigenvalue weighted by atomic mass is 32.2. The molecule has 3 aromatic rings. The van der Waals surface area contributed by atoms with Gasteiger partial charge in [0.1, 0.15) is 5.82 Å². The lowest BCUT2D eigenvalue weighted by atomic mass is 10.3. The van der Waals surface area contributed by atoms with Crippen molar-refractivity contribution in [3.05, 3.63) is 36.7 Å². The molecule has 2 fully saturated rings. The van der Waals surface area contributed by atoms with E-state index in [1.807, 2.05) is 24.3 Å². The molecule has 0 unspecified atom stereocenters. The van der Waals surface area contributed by atoms with Gasteiger partial charge in [-0.3, -0.25) is 4.98 Å². The van der Waals surface area contributed by atoms with E-state index in [4.69, 9.17) is 5.10 Å². The fourth-order valence-electron chi connectivity index (χ4n) is 3.58. The van der Waals surface area contributed by atoms with Gasteiger partial charge in [0, 0.05) is 44.1 Å². The first-order valence-electron chi connectivity index (χ1n) is 9.50. The SMILES string of the molecule is O=S(=O)(C1CC1)N1CCCN(c2ccc3nnc(-c4cccnc4)n3n2)CC1. The third-order valence-corrected chi connectivity index (χ3v) is 7.65. The van der Waals surface area contributed by atoms with Gasteiger partial charge in [-0.05, 0) is 43.5 Å². The maximum atomic E-state index is 12.6. The van der Waals surface area contributed by atoms with E-state index in [0.717, 1.165) is 37.2 Å². The van der Waals surface area contributed by atoms with Crippen molar-refractivity contribution in [3.63, 3.8) is 0 Å².